The van der Waals surface area contributed by atoms with E-state index in [4.69, 9.17) is 9.47 Å². The van der Waals surface area contributed by atoms with Crippen LogP contribution in [0, 0.1) is 0 Å². The number of hydrogen-bond donors (Lipinski definition) is 1. The van der Waals surface area contributed by atoms with E-state index in [1.807, 2.05) is 30.8 Å². The summed E-state index contributed by atoms with van der Waals surface area (Å²) in [7, 11) is 0. The van der Waals surface area contributed by atoms with E-state index in [9.17, 15) is 0 Å². The molecular formula is C16H22N2O2S. The van der Waals surface area contributed by atoms with Gasteiger partial charge in [-0.05, 0) is 13.0 Å². The lowest BCUT2D eigenvalue weighted by Gasteiger charge is -2.17. The predicted octanol–water partition coefficient (Wildman–Crippen LogP) is 3.62. The summed E-state index contributed by atoms with van der Waals surface area (Å²) in [6.45, 7) is 8.14. The zero-order chi connectivity index (χ0) is 15.1. The summed E-state index contributed by atoms with van der Waals surface area (Å²) in [5.41, 5.74) is 2.92. The highest BCUT2D eigenvalue weighted by Gasteiger charge is 2.12. The predicted molar refractivity (Wildman–Crippen MR) is 86.0 cm³/mol. The van der Waals surface area contributed by atoms with E-state index < -0.39 is 0 Å². The van der Waals surface area contributed by atoms with E-state index >= 15 is 0 Å². The minimum Gasteiger partial charge on any atom is -0.490 e. The number of para-hydroxylation sites is 1. The molecule has 21 heavy (non-hydrogen) atoms. The molecule has 2 rings (SSSR count). The molecule has 0 saturated heterocycles. The minimum atomic E-state index is 0.426. The van der Waals surface area contributed by atoms with Gasteiger partial charge in [0, 0.05) is 24.3 Å². The number of thiazole rings is 1. The summed E-state index contributed by atoms with van der Waals surface area (Å²) < 4.78 is 11.7. The first-order valence-corrected chi connectivity index (χ1v) is 8.07. The van der Waals surface area contributed by atoms with Crippen LogP contribution in [0.5, 0.6) is 11.5 Å². The van der Waals surface area contributed by atoms with Gasteiger partial charge < -0.3 is 14.8 Å². The molecule has 1 N–H and O–H groups in total. The molecule has 0 atom stereocenters. The fourth-order valence-electron chi connectivity index (χ4n) is 1.90. The Kier molecular flexibility index (Phi) is 6.02. The van der Waals surface area contributed by atoms with Crippen molar-refractivity contribution in [3.05, 3.63) is 40.3 Å². The van der Waals surface area contributed by atoms with Gasteiger partial charge in [-0.15, -0.1) is 11.3 Å². The molecule has 0 amide bonds. The molecule has 0 bridgehead atoms. The molecule has 0 aliphatic heterocycles. The summed E-state index contributed by atoms with van der Waals surface area (Å²) >= 11 is 1.59. The van der Waals surface area contributed by atoms with Gasteiger partial charge in [0.25, 0.3) is 0 Å². The first-order valence-electron chi connectivity index (χ1n) is 7.19. The van der Waals surface area contributed by atoms with Crippen LogP contribution in [0.25, 0.3) is 0 Å². The van der Waals surface area contributed by atoms with Gasteiger partial charge in [0.15, 0.2) is 11.5 Å². The molecule has 0 radical (unpaired) electrons. The summed E-state index contributed by atoms with van der Waals surface area (Å²) in [6.07, 6.45) is 1.83. The third kappa shape index (κ3) is 4.72. The summed E-state index contributed by atoms with van der Waals surface area (Å²) in [5.74, 6) is 1.62. The smallest absolute Gasteiger partial charge is 0.166 e. The Morgan fingerprint density at radius 3 is 2.81 bits per heavy atom. The van der Waals surface area contributed by atoms with E-state index in [0.717, 1.165) is 28.5 Å². The minimum absolute atomic E-state index is 0.426. The second-order valence-corrected chi connectivity index (χ2v) is 5.94. The van der Waals surface area contributed by atoms with Crippen LogP contribution in [-0.4, -0.2) is 17.6 Å². The van der Waals surface area contributed by atoms with Gasteiger partial charge >= 0.3 is 0 Å². The summed E-state index contributed by atoms with van der Waals surface area (Å²) in [6, 6.07) is 6.45. The molecule has 0 aliphatic rings. The number of rotatable bonds is 8. The van der Waals surface area contributed by atoms with Gasteiger partial charge in [-0.2, -0.15) is 0 Å². The standard InChI is InChI=1S/C16H22N2O2S/c1-4-19-15-7-5-6-13(8-18-12(2)3)16(15)20-10-14-9-17-11-21-14/h5-7,9,11-12,18H,4,8,10H2,1-3H3. The maximum absolute atomic E-state index is 6.00. The highest BCUT2D eigenvalue weighted by Crippen LogP contribution is 2.32. The van der Waals surface area contributed by atoms with E-state index in [1.54, 1.807) is 11.3 Å². The van der Waals surface area contributed by atoms with Crippen molar-refractivity contribution in [2.24, 2.45) is 0 Å². The largest absolute Gasteiger partial charge is 0.490 e. The van der Waals surface area contributed by atoms with Gasteiger partial charge in [0.05, 0.1) is 17.0 Å². The number of nitrogens with one attached hydrogen (secondary N) is 1. The number of nitrogens with zero attached hydrogens (tertiary/aromatic N) is 1. The molecule has 1 aromatic carbocycles. The van der Waals surface area contributed by atoms with Crippen LogP contribution in [0.1, 0.15) is 31.2 Å². The van der Waals surface area contributed by atoms with Crippen molar-refractivity contribution in [3.8, 4) is 11.5 Å². The number of benzene rings is 1. The second kappa shape index (κ2) is 8.00. The molecule has 4 nitrogen and oxygen atoms in total. The Morgan fingerprint density at radius 1 is 1.29 bits per heavy atom. The molecule has 0 spiro atoms. The Hall–Kier alpha value is -1.59. The fourth-order valence-corrected chi connectivity index (χ4v) is 2.41. The van der Waals surface area contributed by atoms with Crippen molar-refractivity contribution < 1.29 is 9.47 Å². The van der Waals surface area contributed by atoms with Crippen LogP contribution in [0.3, 0.4) is 0 Å². The average molecular weight is 306 g/mol. The molecule has 0 aliphatic carbocycles. The van der Waals surface area contributed by atoms with Gasteiger partial charge in [0.1, 0.15) is 6.61 Å². The van der Waals surface area contributed by atoms with Gasteiger partial charge in [0.2, 0.25) is 0 Å². The number of ether oxygens (including phenoxy) is 2. The third-order valence-corrected chi connectivity index (χ3v) is 3.66. The van der Waals surface area contributed by atoms with Crippen LogP contribution in [-0.2, 0) is 13.2 Å². The van der Waals surface area contributed by atoms with Crippen LogP contribution in [0.15, 0.2) is 29.9 Å². The van der Waals surface area contributed by atoms with Crippen molar-refractivity contribution in [1.29, 1.82) is 0 Å². The van der Waals surface area contributed by atoms with Gasteiger partial charge in [-0.25, -0.2) is 0 Å². The summed E-state index contributed by atoms with van der Waals surface area (Å²) in [4.78, 5) is 5.17. The molecule has 1 aromatic heterocycles. The maximum Gasteiger partial charge on any atom is 0.166 e. The average Bonchev–Trinajstić information content (AvgIpc) is 2.97. The zero-order valence-corrected chi connectivity index (χ0v) is 13.6. The Balaban J connectivity index is 2.16. The monoisotopic (exact) mass is 306 g/mol. The van der Waals surface area contributed by atoms with Crippen LogP contribution < -0.4 is 14.8 Å². The van der Waals surface area contributed by atoms with E-state index in [0.29, 0.717) is 19.3 Å². The van der Waals surface area contributed by atoms with Crippen LogP contribution >= 0.6 is 11.3 Å². The second-order valence-electron chi connectivity index (χ2n) is 4.97. The first kappa shape index (κ1) is 15.8. The third-order valence-electron chi connectivity index (χ3n) is 2.90. The normalized spacial score (nSPS) is 10.9. The van der Waals surface area contributed by atoms with Gasteiger partial charge in [-0.3, -0.25) is 4.98 Å². The Morgan fingerprint density at radius 2 is 2.14 bits per heavy atom. The Labute approximate surface area is 130 Å². The van der Waals surface area contributed by atoms with Gasteiger partial charge in [-0.1, -0.05) is 26.0 Å². The molecular weight excluding hydrogens is 284 g/mol. The van der Waals surface area contributed by atoms with Crippen LogP contribution in [0.4, 0.5) is 0 Å². The molecule has 0 saturated carbocycles. The lowest BCUT2D eigenvalue weighted by Crippen LogP contribution is -2.22. The Bertz CT molecular complexity index is 541. The highest BCUT2D eigenvalue weighted by molar-refractivity contribution is 7.09. The first-order chi connectivity index (χ1) is 10.2. The topological polar surface area (TPSA) is 43.4 Å². The molecule has 0 fully saturated rings. The van der Waals surface area contributed by atoms with Crippen molar-refractivity contribution in [2.45, 2.75) is 40.0 Å². The SMILES string of the molecule is CCOc1cccc(CNC(C)C)c1OCc1cncs1. The highest BCUT2D eigenvalue weighted by atomic mass is 32.1. The maximum atomic E-state index is 6.00. The molecule has 114 valence electrons. The fraction of sp³-hybridized carbons (Fsp3) is 0.438. The molecule has 1 heterocycles. The lowest BCUT2D eigenvalue weighted by atomic mass is 10.1. The molecule has 2 aromatic rings. The molecule has 0 unspecified atom stereocenters. The van der Waals surface area contributed by atoms with Crippen molar-refractivity contribution in [2.75, 3.05) is 6.61 Å². The lowest BCUT2D eigenvalue weighted by molar-refractivity contribution is 0.268. The van der Waals surface area contributed by atoms with E-state index in [-0.39, 0.29) is 0 Å². The summed E-state index contributed by atoms with van der Waals surface area (Å²) in [5, 5.41) is 3.42. The number of aromatic nitrogens is 1. The van der Waals surface area contributed by atoms with Crippen molar-refractivity contribution in [3.63, 3.8) is 0 Å². The van der Waals surface area contributed by atoms with E-state index in [1.165, 1.54) is 0 Å². The van der Waals surface area contributed by atoms with Crippen LogP contribution in [0.2, 0.25) is 0 Å². The van der Waals surface area contributed by atoms with E-state index in [2.05, 4.69) is 30.2 Å². The quantitative estimate of drug-likeness (QED) is 0.809. The zero-order valence-electron chi connectivity index (χ0n) is 12.8. The van der Waals surface area contributed by atoms with Crippen molar-refractivity contribution >= 4 is 11.3 Å². The molecule has 5 heteroatoms. The number of hydrogen-bond acceptors (Lipinski definition) is 5. The van der Waals surface area contributed by atoms with Crippen molar-refractivity contribution in [1.82, 2.24) is 10.3 Å².